The number of nitro benzene ring substituents is 1. The maximum atomic E-state index is 12.9. The summed E-state index contributed by atoms with van der Waals surface area (Å²) in [7, 11) is 0. The van der Waals surface area contributed by atoms with Crippen LogP contribution in [0.3, 0.4) is 0 Å². The summed E-state index contributed by atoms with van der Waals surface area (Å²) in [6.45, 7) is 7.56. The molecule has 2 amide bonds. The van der Waals surface area contributed by atoms with Gasteiger partial charge >= 0.3 is 12.2 Å². The number of anilines is 1. The number of hydrogen-bond acceptors (Lipinski definition) is 4. The van der Waals surface area contributed by atoms with E-state index in [4.69, 9.17) is 0 Å². The van der Waals surface area contributed by atoms with E-state index in [0.717, 1.165) is 31.4 Å². The van der Waals surface area contributed by atoms with E-state index in [1.165, 1.54) is 0 Å². The lowest BCUT2D eigenvalue weighted by molar-refractivity contribution is -0.384. The number of hydrogen-bond donors (Lipinski definition) is 1. The van der Waals surface area contributed by atoms with Gasteiger partial charge in [-0.3, -0.25) is 10.1 Å². The van der Waals surface area contributed by atoms with Gasteiger partial charge in [-0.25, -0.2) is 4.79 Å². The molecular weight excluding hydrogens is 401 g/mol. The Morgan fingerprint density at radius 3 is 2.33 bits per heavy atom. The molecule has 1 aromatic rings. The SMILES string of the molecule is CC(C)CCC[C@H](C)NC(=O)N1CCN(c2ccc(C(F)(F)F)cc2[N+](=O)[O-])CC1. The molecule has 7 nitrogen and oxygen atoms in total. The van der Waals surface area contributed by atoms with Crippen LogP contribution >= 0.6 is 0 Å². The number of amides is 2. The van der Waals surface area contributed by atoms with Crippen molar-refractivity contribution in [3.63, 3.8) is 0 Å². The van der Waals surface area contributed by atoms with Crippen LogP contribution in [0.5, 0.6) is 0 Å². The fraction of sp³-hybridized carbons (Fsp3) is 0.650. The average molecular weight is 430 g/mol. The Morgan fingerprint density at radius 2 is 1.80 bits per heavy atom. The zero-order valence-electron chi connectivity index (χ0n) is 17.5. The zero-order valence-corrected chi connectivity index (χ0v) is 17.5. The molecule has 1 aliphatic heterocycles. The predicted octanol–water partition coefficient (Wildman–Crippen LogP) is 4.66. The number of benzene rings is 1. The predicted molar refractivity (Wildman–Crippen MR) is 109 cm³/mol. The van der Waals surface area contributed by atoms with Crippen molar-refractivity contribution in [2.75, 3.05) is 31.1 Å². The Kier molecular flexibility index (Phi) is 7.91. The van der Waals surface area contributed by atoms with E-state index in [1.54, 1.807) is 9.80 Å². The van der Waals surface area contributed by atoms with Gasteiger partial charge in [0.15, 0.2) is 0 Å². The van der Waals surface area contributed by atoms with Crippen molar-refractivity contribution in [2.45, 2.75) is 52.3 Å². The molecule has 1 N–H and O–H groups in total. The molecule has 0 saturated carbocycles. The van der Waals surface area contributed by atoms with Crippen molar-refractivity contribution in [3.8, 4) is 0 Å². The number of carbonyl (C=O) groups is 1. The number of alkyl halides is 3. The van der Waals surface area contributed by atoms with Crippen molar-refractivity contribution in [2.24, 2.45) is 5.92 Å². The van der Waals surface area contributed by atoms with Crippen LogP contribution in [0.2, 0.25) is 0 Å². The van der Waals surface area contributed by atoms with Gasteiger partial charge in [-0.1, -0.05) is 26.7 Å². The maximum absolute atomic E-state index is 12.9. The van der Waals surface area contributed by atoms with Gasteiger partial charge in [0.25, 0.3) is 5.69 Å². The number of nitrogens with zero attached hydrogens (tertiary/aromatic N) is 3. The third kappa shape index (κ3) is 6.50. The Labute approximate surface area is 174 Å². The number of urea groups is 1. The van der Waals surface area contributed by atoms with Crippen molar-refractivity contribution < 1.29 is 22.9 Å². The minimum absolute atomic E-state index is 0.0466. The van der Waals surface area contributed by atoms with E-state index in [2.05, 4.69) is 19.2 Å². The molecule has 10 heteroatoms. The number of carbonyl (C=O) groups excluding carboxylic acids is 1. The first-order valence-corrected chi connectivity index (χ1v) is 10.1. The summed E-state index contributed by atoms with van der Waals surface area (Å²) in [4.78, 5) is 26.2. The molecule has 1 heterocycles. The van der Waals surface area contributed by atoms with E-state index >= 15 is 0 Å². The topological polar surface area (TPSA) is 78.7 Å². The Bertz CT molecular complexity index is 747. The first-order chi connectivity index (χ1) is 14.0. The van der Waals surface area contributed by atoms with Crippen LogP contribution in [0.4, 0.5) is 29.3 Å². The van der Waals surface area contributed by atoms with Crippen molar-refractivity contribution in [3.05, 3.63) is 33.9 Å². The molecule has 0 aromatic heterocycles. The molecule has 1 atom stereocenters. The van der Waals surface area contributed by atoms with E-state index < -0.39 is 22.4 Å². The van der Waals surface area contributed by atoms with E-state index in [-0.39, 0.29) is 17.8 Å². The lowest BCUT2D eigenvalue weighted by atomic mass is 10.0. The molecule has 1 aliphatic rings. The van der Waals surface area contributed by atoms with Crippen LogP contribution in [-0.2, 0) is 6.18 Å². The Morgan fingerprint density at radius 1 is 1.17 bits per heavy atom. The third-order valence-corrected chi connectivity index (χ3v) is 5.20. The molecule has 1 fully saturated rings. The fourth-order valence-electron chi connectivity index (χ4n) is 3.47. The van der Waals surface area contributed by atoms with Crippen LogP contribution in [0.1, 0.15) is 45.6 Å². The molecule has 168 valence electrons. The normalized spacial score (nSPS) is 16.0. The minimum Gasteiger partial charge on any atom is -0.362 e. The average Bonchev–Trinajstić information content (AvgIpc) is 2.66. The molecule has 0 unspecified atom stereocenters. The van der Waals surface area contributed by atoms with Crippen LogP contribution < -0.4 is 10.2 Å². The molecule has 0 aliphatic carbocycles. The van der Waals surface area contributed by atoms with Gasteiger partial charge in [0, 0.05) is 38.3 Å². The van der Waals surface area contributed by atoms with Gasteiger partial charge in [-0.05, 0) is 31.4 Å². The highest BCUT2D eigenvalue weighted by atomic mass is 19.4. The number of nitro groups is 1. The monoisotopic (exact) mass is 430 g/mol. The highest BCUT2D eigenvalue weighted by Gasteiger charge is 2.34. The summed E-state index contributed by atoms with van der Waals surface area (Å²) in [6.07, 6.45) is -1.62. The summed E-state index contributed by atoms with van der Waals surface area (Å²) >= 11 is 0. The summed E-state index contributed by atoms with van der Waals surface area (Å²) in [5.41, 5.74) is -1.50. The summed E-state index contributed by atoms with van der Waals surface area (Å²) < 4.78 is 38.6. The van der Waals surface area contributed by atoms with E-state index in [1.807, 2.05) is 6.92 Å². The fourth-order valence-corrected chi connectivity index (χ4v) is 3.47. The lowest BCUT2D eigenvalue weighted by Crippen LogP contribution is -2.53. The van der Waals surface area contributed by atoms with Gasteiger partial charge in [-0.2, -0.15) is 13.2 Å². The second-order valence-electron chi connectivity index (χ2n) is 8.11. The maximum Gasteiger partial charge on any atom is 0.416 e. The number of nitrogens with one attached hydrogen (secondary N) is 1. The highest BCUT2D eigenvalue weighted by Crippen LogP contribution is 2.36. The summed E-state index contributed by atoms with van der Waals surface area (Å²) in [6, 6.07) is 2.40. The minimum atomic E-state index is -4.65. The molecule has 1 aromatic carbocycles. The summed E-state index contributed by atoms with van der Waals surface area (Å²) in [5, 5.41) is 14.3. The summed E-state index contributed by atoms with van der Waals surface area (Å²) in [5.74, 6) is 0.621. The smallest absolute Gasteiger partial charge is 0.362 e. The third-order valence-electron chi connectivity index (χ3n) is 5.20. The van der Waals surface area contributed by atoms with Crippen molar-refractivity contribution >= 4 is 17.4 Å². The van der Waals surface area contributed by atoms with Gasteiger partial charge in [0.1, 0.15) is 5.69 Å². The molecular formula is C20H29F3N4O3. The van der Waals surface area contributed by atoms with Crippen LogP contribution in [0.15, 0.2) is 18.2 Å². The Hall–Kier alpha value is -2.52. The molecule has 30 heavy (non-hydrogen) atoms. The van der Waals surface area contributed by atoms with Crippen LogP contribution in [-0.4, -0.2) is 48.1 Å². The first kappa shape index (κ1) is 23.8. The van der Waals surface area contributed by atoms with E-state index in [0.29, 0.717) is 38.2 Å². The second kappa shape index (κ2) is 9.99. The highest BCUT2D eigenvalue weighted by molar-refractivity contribution is 5.75. The molecule has 2 rings (SSSR count). The van der Waals surface area contributed by atoms with Crippen molar-refractivity contribution in [1.82, 2.24) is 10.2 Å². The van der Waals surface area contributed by atoms with Crippen molar-refractivity contribution in [1.29, 1.82) is 0 Å². The largest absolute Gasteiger partial charge is 0.416 e. The lowest BCUT2D eigenvalue weighted by Gasteiger charge is -2.36. The van der Waals surface area contributed by atoms with Gasteiger partial charge in [0.2, 0.25) is 0 Å². The molecule has 0 radical (unpaired) electrons. The Balaban J connectivity index is 1.95. The van der Waals surface area contributed by atoms with Crippen LogP contribution in [0, 0.1) is 16.0 Å². The quantitative estimate of drug-likeness (QED) is 0.504. The second-order valence-corrected chi connectivity index (χ2v) is 8.11. The molecule has 0 spiro atoms. The standard InChI is InChI=1S/C20H29F3N4O3/c1-14(2)5-4-6-15(3)24-19(28)26-11-9-25(10-12-26)17-8-7-16(20(21,22)23)13-18(17)27(29)30/h7-8,13-15H,4-6,9-12H2,1-3H3,(H,24,28)/t15-/m0/s1. The number of piperazine rings is 1. The van der Waals surface area contributed by atoms with Gasteiger partial charge < -0.3 is 15.1 Å². The number of halogens is 3. The van der Waals surface area contributed by atoms with Gasteiger partial charge in [-0.15, -0.1) is 0 Å². The number of rotatable bonds is 7. The first-order valence-electron chi connectivity index (χ1n) is 10.1. The van der Waals surface area contributed by atoms with E-state index in [9.17, 15) is 28.1 Å². The van der Waals surface area contributed by atoms with Crippen LogP contribution in [0.25, 0.3) is 0 Å². The zero-order chi connectivity index (χ0) is 22.5. The van der Waals surface area contributed by atoms with Gasteiger partial charge in [0.05, 0.1) is 10.5 Å². The molecule has 0 bridgehead atoms. The molecule has 1 saturated heterocycles.